The van der Waals surface area contributed by atoms with Crippen LogP contribution in [0, 0.1) is 9.52 Å². The molecule has 1 heterocycles. The molecule has 8 heteroatoms. The van der Waals surface area contributed by atoms with E-state index in [1.54, 1.807) is 0 Å². The molecule has 1 N–H and O–H groups in total. The smallest absolute Gasteiger partial charge is 0.503 e. The highest BCUT2D eigenvalue weighted by atomic mass is 127. The molecule has 1 rings (SSSR count). The highest BCUT2D eigenvalue weighted by Crippen LogP contribution is 2.33. The largest absolute Gasteiger partial charge is 0.573 e. The summed E-state index contributed by atoms with van der Waals surface area (Å²) in [5.74, 6) is -2.95. The Morgan fingerprint density at radius 2 is 2.00 bits per heavy atom. The van der Waals surface area contributed by atoms with E-state index >= 15 is 0 Å². The van der Waals surface area contributed by atoms with Gasteiger partial charge in [-0.2, -0.15) is 4.39 Å². The quantitative estimate of drug-likeness (QED) is 0.490. The van der Waals surface area contributed by atoms with Crippen LogP contribution in [0.4, 0.5) is 17.6 Å². The molecular weight excluding hydrogens is 321 g/mol. The van der Waals surface area contributed by atoms with Gasteiger partial charge in [-0.05, 0) is 22.6 Å². The first-order valence-electron chi connectivity index (χ1n) is 3.10. The molecule has 0 saturated heterocycles. The number of rotatable bonds is 1. The van der Waals surface area contributed by atoms with Crippen molar-refractivity contribution in [3.8, 4) is 11.5 Å². The lowest BCUT2D eigenvalue weighted by atomic mass is 10.4. The van der Waals surface area contributed by atoms with Crippen LogP contribution in [0.15, 0.2) is 6.20 Å². The van der Waals surface area contributed by atoms with E-state index < -0.39 is 23.8 Å². The number of pyridine rings is 1. The van der Waals surface area contributed by atoms with E-state index in [4.69, 9.17) is 5.11 Å². The zero-order chi connectivity index (χ0) is 10.9. The van der Waals surface area contributed by atoms with Crippen molar-refractivity contribution in [1.82, 2.24) is 4.98 Å². The zero-order valence-corrected chi connectivity index (χ0v) is 8.43. The summed E-state index contributed by atoms with van der Waals surface area (Å²) in [5, 5.41) is 8.89. The molecule has 0 spiro atoms. The number of halogens is 5. The minimum absolute atomic E-state index is 0.382. The fourth-order valence-corrected chi connectivity index (χ4v) is 1.11. The number of aromatic nitrogens is 1. The van der Waals surface area contributed by atoms with Gasteiger partial charge in [0.25, 0.3) is 5.95 Å². The predicted molar refractivity (Wildman–Crippen MR) is 45.3 cm³/mol. The van der Waals surface area contributed by atoms with Crippen LogP contribution in [0.2, 0.25) is 0 Å². The number of hydrogen-bond donors (Lipinski definition) is 1. The summed E-state index contributed by atoms with van der Waals surface area (Å²) >= 11 is 1.32. The van der Waals surface area contributed by atoms with Crippen molar-refractivity contribution < 1.29 is 27.4 Å². The SMILES string of the molecule is Oc1c(F)ncc(OC(F)(F)F)c1I. The Morgan fingerprint density at radius 1 is 1.43 bits per heavy atom. The Labute approximate surface area is 88.8 Å². The standard InChI is InChI=1S/C6H2F4INO2/c7-5-4(13)3(11)2(1-12-5)14-6(8,9)10/h1,13H. The Morgan fingerprint density at radius 3 is 2.50 bits per heavy atom. The zero-order valence-electron chi connectivity index (χ0n) is 6.27. The van der Waals surface area contributed by atoms with Crippen LogP contribution >= 0.6 is 22.6 Å². The van der Waals surface area contributed by atoms with E-state index in [1.165, 1.54) is 22.6 Å². The topological polar surface area (TPSA) is 42.4 Å². The van der Waals surface area contributed by atoms with Crippen LogP contribution in [0.1, 0.15) is 0 Å². The molecule has 0 amide bonds. The summed E-state index contributed by atoms with van der Waals surface area (Å²) in [5.41, 5.74) is 0. The van der Waals surface area contributed by atoms with Gasteiger partial charge in [0, 0.05) is 0 Å². The van der Waals surface area contributed by atoms with Gasteiger partial charge < -0.3 is 9.84 Å². The maximum Gasteiger partial charge on any atom is 0.573 e. The van der Waals surface area contributed by atoms with Gasteiger partial charge in [-0.3, -0.25) is 0 Å². The molecule has 0 fully saturated rings. The Bertz CT molecular complexity index is 354. The summed E-state index contributed by atoms with van der Waals surface area (Å²) in [6.07, 6.45) is -4.35. The lowest BCUT2D eigenvalue weighted by Gasteiger charge is -2.10. The third kappa shape index (κ3) is 2.59. The van der Waals surface area contributed by atoms with Gasteiger partial charge in [-0.15, -0.1) is 13.2 Å². The molecule has 0 saturated carbocycles. The summed E-state index contributed by atoms with van der Waals surface area (Å²) in [7, 11) is 0. The molecule has 0 aliphatic rings. The van der Waals surface area contributed by atoms with Crippen LogP contribution in [0.3, 0.4) is 0 Å². The van der Waals surface area contributed by atoms with Crippen LogP contribution in [-0.2, 0) is 0 Å². The van der Waals surface area contributed by atoms with E-state index in [2.05, 4.69) is 9.72 Å². The second-order valence-electron chi connectivity index (χ2n) is 2.12. The van der Waals surface area contributed by atoms with Crippen molar-refractivity contribution in [3.05, 3.63) is 15.7 Å². The second-order valence-corrected chi connectivity index (χ2v) is 3.20. The summed E-state index contributed by atoms with van der Waals surface area (Å²) < 4.78 is 50.8. The maximum atomic E-state index is 12.5. The fourth-order valence-electron chi connectivity index (χ4n) is 0.636. The lowest BCUT2D eigenvalue weighted by molar-refractivity contribution is -0.275. The molecular formula is C6H2F4INO2. The molecule has 0 aliphatic carbocycles. The van der Waals surface area contributed by atoms with Gasteiger partial charge in [-0.25, -0.2) is 4.98 Å². The van der Waals surface area contributed by atoms with E-state index in [-0.39, 0.29) is 3.57 Å². The van der Waals surface area contributed by atoms with E-state index in [9.17, 15) is 17.6 Å². The average molecular weight is 323 g/mol. The third-order valence-electron chi connectivity index (χ3n) is 1.14. The van der Waals surface area contributed by atoms with Crippen LogP contribution in [0.25, 0.3) is 0 Å². The van der Waals surface area contributed by atoms with E-state index in [1.807, 2.05) is 0 Å². The molecule has 0 atom stereocenters. The number of aromatic hydroxyl groups is 1. The monoisotopic (exact) mass is 323 g/mol. The van der Waals surface area contributed by atoms with Gasteiger partial charge in [0.05, 0.1) is 6.20 Å². The normalized spacial score (nSPS) is 11.5. The summed E-state index contributed by atoms with van der Waals surface area (Å²) in [6, 6.07) is 0. The third-order valence-corrected chi connectivity index (χ3v) is 2.18. The Balaban J connectivity index is 3.06. The van der Waals surface area contributed by atoms with Crippen molar-refractivity contribution in [2.24, 2.45) is 0 Å². The Kier molecular flexibility index (Phi) is 3.02. The molecule has 1 aromatic heterocycles. The minimum Gasteiger partial charge on any atom is -0.503 e. The van der Waals surface area contributed by atoms with Crippen molar-refractivity contribution in [2.45, 2.75) is 6.36 Å². The molecule has 1 aromatic rings. The molecule has 0 bridgehead atoms. The average Bonchev–Trinajstić information content (AvgIpc) is 2.04. The number of hydrogen-bond acceptors (Lipinski definition) is 3. The van der Waals surface area contributed by atoms with Crippen LogP contribution < -0.4 is 4.74 Å². The minimum atomic E-state index is -4.90. The number of ether oxygens (including phenoxy) is 1. The van der Waals surface area contributed by atoms with E-state index in [0.29, 0.717) is 6.20 Å². The first-order chi connectivity index (χ1) is 6.31. The van der Waals surface area contributed by atoms with Crippen LogP contribution in [-0.4, -0.2) is 16.5 Å². The van der Waals surface area contributed by atoms with Gasteiger partial charge in [0.15, 0.2) is 11.5 Å². The van der Waals surface area contributed by atoms with Gasteiger partial charge in [-0.1, -0.05) is 0 Å². The maximum absolute atomic E-state index is 12.5. The summed E-state index contributed by atoms with van der Waals surface area (Å²) in [4.78, 5) is 2.88. The first kappa shape index (κ1) is 11.3. The molecule has 78 valence electrons. The molecule has 0 unspecified atom stereocenters. The van der Waals surface area contributed by atoms with Crippen molar-refractivity contribution in [1.29, 1.82) is 0 Å². The molecule has 0 aliphatic heterocycles. The van der Waals surface area contributed by atoms with Gasteiger partial charge >= 0.3 is 6.36 Å². The summed E-state index contributed by atoms with van der Waals surface area (Å²) in [6.45, 7) is 0. The van der Waals surface area contributed by atoms with Crippen LogP contribution in [0.5, 0.6) is 11.5 Å². The lowest BCUT2D eigenvalue weighted by Crippen LogP contribution is -2.18. The van der Waals surface area contributed by atoms with Crippen molar-refractivity contribution in [2.75, 3.05) is 0 Å². The number of alkyl halides is 3. The molecule has 3 nitrogen and oxygen atoms in total. The molecule has 0 aromatic carbocycles. The first-order valence-corrected chi connectivity index (χ1v) is 4.18. The Hall–Kier alpha value is -0.800. The van der Waals surface area contributed by atoms with E-state index in [0.717, 1.165) is 0 Å². The number of nitrogens with zero attached hydrogens (tertiary/aromatic N) is 1. The fraction of sp³-hybridized carbons (Fsp3) is 0.167. The predicted octanol–water partition coefficient (Wildman–Crippen LogP) is 2.43. The molecule has 14 heavy (non-hydrogen) atoms. The van der Waals surface area contributed by atoms with Crippen molar-refractivity contribution >= 4 is 22.6 Å². The van der Waals surface area contributed by atoms with Gasteiger partial charge in [0.1, 0.15) is 3.57 Å². The second kappa shape index (κ2) is 3.75. The molecule has 0 radical (unpaired) electrons. The van der Waals surface area contributed by atoms with Gasteiger partial charge in [0.2, 0.25) is 0 Å². The van der Waals surface area contributed by atoms with Crippen molar-refractivity contribution in [3.63, 3.8) is 0 Å². The highest BCUT2D eigenvalue weighted by Gasteiger charge is 2.33. The highest BCUT2D eigenvalue weighted by molar-refractivity contribution is 14.1.